The third kappa shape index (κ3) is 3.97. The number of nitrogens with zero attached hydrogens (tertiary/aromatic N) is 1. The lowest BCUT2D eigenvalue weighted by Gasteiger charge is -2.41. The van der Waals surface area contributed by atoms with Gasteiger partial charge in [0.1, 0.15) is 0 Å². The number of nitrogens with one attached hydrogen (secondary N) is 1. The Morgan fingerprint density at radius 3 is 2.76 bits per heavy atom. The maximum absolute atomic E-state index is 11.9. The fraction of sp³-hybridized carbons (Fsp3) is 0.500. The lowest BCUT2D eigenvalue weighted by atomic mass is 9.87. The maximum atomic E-state index is 11.9. The summed E-state index contributed by atoms with van der Waals surface area (Å²) in [6, 6.07) is 8.12. The van der Waals surface area contributed by atoms with E-state index in [0.717, 1.165) is 6.42 Å². The summed E-state index contributed by atoms with van der Waals surface area (Å²) in [5.41, 5.74) is 2.42. The zero-order valence-corrected chi connectivity index (χ0v) is 12.5. The molecule has 5 heteroatoms. The van der Waals surface area contributed by atoms with Crippen molar-refractivity contribution >= 4 is 12.0 Å². The van der Waals surface area contributed by atoms with Crippen LogP contribution in [0.15, 0.2) is 24.3 Å². The fourth-order valence-electron chi connectivity index (χ4n) is 2.49. The van der Waals surface area contributed by atoms with Gasteiger partial charge in [0.15, 0.2) is 0 Å². The summed E-state index contributed by atoms with van der Waals surface area (Å²) < 4.78 is 0. The summed E-state index contributed by atoms with van der Waals surface area (Å²) in [5.74, 6) is -1.11. The van der Waals surface area contributed by atoms with Crippen LogP contribution in [0.4, 0.5) is 4.79 Å². The molecule has 114 valence electrons. The molecule has 2 N–H and O–H groups in total. The van der Waals surface area contributed by atoms with Crippen LogP contribution >= 0.6 is 0 Å². The first-order valence-corrected chi connectivity index (χ1v) is 7.28. The van der Waals surface area contributed by atoms with Gasteiger partial charge in [0.05, 0.1) is 5.92 Å². The second-order valence-electron chi connectivity index (χ2n) is 5.76. The predicted octanol–water partition coefficient (Wildman–Crippen LogP) is 1.90. The van der Waals surface area contributed by atoms with Gasteiger partial charge >= 0.3 is 12.0 Å². The standard InChI is InChI=1S/C16H22N2O3/c1-11-4-3-5-13(8-11)6-7-17-16(21)18-9-14(10-18)12(2)15(19)20/h3-5,8,12,14H,6-7,9-10H2,1-2H3,(H,17,21)(H,19,20). The number of carboxylic acids is 1. The molecule has 1 atom stereocenters. The topological polar surface area (TPSA) is 69.6 Å². The quantitative estimate of drug-likeness (QED) is 0.870. The van der Waals surface area contributed by atoms with E-state index in [1.165, 1.54) is 11.1 Å². The number of carbonyl (C=O) groups excluding carboxylic acids is 1. The third-order valence-electron chi connectivity index (χ3n) is 4.07. The largest absolute Gasteiger partial charge is 0.481 e. The molecule has 0 saturated carbocycles. The summed E-state index contributed by atoms with van der Waals surface area (Å²) in [7, 11) is 0. The van der Waals surface area contributed by atoms with Gasteiger partial charge in [-0.3, -0.25) is 4.79 Å². The van der Waals surface area contributed by atoms with Crippen molar-refractivity contribution in [1.29, 1.82) is 0 Å². The van der Waals surface area contributed by atoms with Crippen molar-refractivity contribution in [1.82, 2.24) is 10.2 Å². The van der Waals surface area contributed by atoms with E-state index in [-0.39, 0.29) is 17.9 Å². The van der Waals surface area contributed by atoms with Gasteiger partial charge in [0.25, 0.3) is 0 Å². The number of hydrogen-bond acceptors (Lipinski definition) is 2. The van der Waals surface area contributed by atoms with Crippen molar-refractivity contribution in [2.75, 3.05) is 19.6 Å². The van der Waals surface area contributed by atoms with Crippen molar-refractivity contribution < 1.29 is 14.7 Å². The van der Waals surface area contributed by atoms with Crippen molar-refractivity contribution in [2.24, 2.45) is 11.8 Å². The van der Waals surface area contributed by atoms with Gasteiger partial charge < -0.3 is 15.3 Å². The van der Waals surface area contributed by atoms with E-state index in [4.69, 9.17) is 5.11 Å². The molecule has 0 spiro atoms. The Morgan fingerprint density at radius 1 is 1.43 bits per heavy atom. The Balaban J connectivity index is 1.69. The molecule has 0 bridgehead atoms. The maximum Gasteiger partial charge on any atom is 0.317 e. The molecule has 1 aliphatic heterocycles. The van der Waals surface area contributed by atoms with Crippen molar-refractivity contribution in [3.8, 4) is 0 Å². The van der Waals surface area contributed by atoms with Crippen molar-refractivity contribution in [3.63, 3.8) is 0 Å². The van der Waals surface area contributed by atoms with Crippen LogP contribution < -0.4 is 5.32 Å². The van der Waals surface area contributed by atoms with Gasteiger partial charge in [-0.15, -0.1) is 0 Å². The Kier molecular flexibility index (Phi) is 4.83. The van der Waals surface area contributed by atoms with Crippen molar-refractivity contribution in [2.45, 2.75) is 20.3 Å². The molecule has 0 aliphatic carbocycles. The number of carboxylic acid groups (broad SMARTS) is 1. The fourth-order valence-corrected chi connectivity index (χ4v) is 2.49. The number of benzene rings is 1. The highest BCUT2D eigenvalue weighted by Crippen LogP contribution is 2.23. The summed E-state index contributed by atoms with van der Waals surface area (Å²) in [6.45, 7) is 5.40. The Labute approximate surface area is 125 Å². The molecule has 5 nitrogen and oxygen atoms in total. The summed E-state index contributed by atoms with van der Waals surface area (Å²) >= 11 is 0. The second-order valence-corrected chi connectivity index (χ2v) is 5.76. The molecule has 0 radical (unpaired) electrons. The molecule has 2 amide bonds. The lowest BCUT2D eigenvalue weighted by Crippen LogP contribution is -2.56. The molecule has 1 heterocycles. The Hall–Kier alpha value is -2.04. The summed E-state index contributed by atoms with van der Waals surface area (Å²) in [4.78, 5) is 24.4. The van der Waals surface area contributed by atoms with Crippen LogP contribution in [0, 0.1) is 18.8 Å². The van der Waals surface area contributed by atoms with E-state index >= 15 is 0 Å². The average Bonchev–Trinajstić information content (AvgIpc) is 2.36. The van der Waals surface area contributed by atoms with Gasteiger partial charge in [-0.05, 0) is 18.9 Å². The smallest absolute Gasteiger partial charge is 0.317 e. The van der Waals surface area contributed by atoms with Crippen molar-refractivity contribution in [3.05, 3.63) is 35.4 Å². The minimum Gasteiger partial charge on any atom is -0.481 e. The molecule has 1 fully saturated rings. The molecule has 1 aliphatic rings. The van der Waals surface area contributed by atoms with Gasteiger partial charge in [0.2, 0.25) is 0 Å². The van der Waals surface area contributed by atoms with E-state index in [1.807, 2.05) is 25.1 Å². The first-order chi connectivity index (χ1) is 9.97. The van der Waals surface area contributed by atoms with Gasteiger partial charge in [-0.25, -0.2) is 4.79 Å². The number of amides is 2. The van der Waals surface area contributed by atoms with E-state index in [1.54, 1.807) is 11.8 Å². The van der Waals surface area contributed by atoms with E-state index < -0.39 is 5.97 Å². The molecular formula is C16H22N2O3. The van der Waals surface area contributed by atoms with Crippen LogP contribution in [0.1, 0.15) is 18.1 Å². The molecule has 1 aromatic carbocycles. The summed E-state index contributed by atoms with van der Waals surface area (Å²) in [5, 5.41) is 11.8. The normalized spacial score (nSPS) is 16.2. The first-order valence-electron chi connectivity index (χ1n) is 7.28. The predicted molar refractivity (Wildman–Crippen MR) is 80.1 cm³/mol. The number of aryl methyl sites for hydroxylation is 1. The van der Waals surface area contributed by atoms with Gasteiger partial charge in [-0.1, -0.05) is 36.8 Å². The monoisotopic (exact) mass is 290 g/mol. The number of urea groups is 1. The third-order valence-corrected chi connectivity index (χ3v) is 4.07. The minimum absolute atomic E-state index is 0.0741. The summed E-state index contributed by atoms with van der Waals surface area (Å²) in [6.07, 6.45) is 0.802. The van der Waals surface area contributed by atoms with Crippen LogP contribution in [0.2, 0.25) is 0 Å². The van der Waals surface area contributed by atoms with E-state index in [9.17, 15) is 9.59 Å². The molecular weight excluding hydrogens is 268 g/mol. The Morgan fingerprint density at radius 2 is 2.14 bits per heavy atom. The zero-order valence-electron chi connectivity index (χ0n) is 12.5. The van der Waals surface area contributed by atoms with E-state index in [0.29, 0.717) is 19.6 Å². The highest BCUT2D eigenvalue weighted by molar-refractivity contribution is 5.76. The highest BCUT2D eigenvalue weighted by Gasteiger charge is 2.36. The molecule has 21 heavy (non-hydrogen) atoms. The van der Waals surface area contributed by atoms with Crippen LogP contribution in [-0.2, 0) is 11.2 Å². The van der Waals surface area contributed by atoms with Crippen LogP contribution in [-0.4, -0.2) is 41.6 Å². The molecule has 1 unspecified atom stereocenters. The minimum atomic E-state index is -0.792. The van der Waals surface area contributed by atoms with Crippen LogP contribution in [0.25, 0.3) is 0 Å². The number of rotatable bonds is 5. The molecule has 2 rings (SSSR count). The number of likely N-dealkylation sites (tertiary alicyclic amines) is 1. The van der Waals surface area contributed by atoms with Gasteiger partial charge in [-0.2, -0.15) is 0 Å². The molecule has 1 aromatic rings. The number of aliphatic carboxylic acids is 1. The zero-order chi connectivity index (χ0) is 15.4. The van der Waals surface area contributed by atoms with E-state index in [2.05, 4.69) is 11.4 Å². The molecule has 1 saturated heterocycles. The average molecular weight is 290 g/mol. The molecule has 0 aromatic heterocycles. The lowest BCUT2D eigenvalue weighted by molar-refractivity contribution is -0.144. The second kappa shape index (κ2) is 6.61. The number of hydrogen-bond donors (Lipinski definition) is 2. The Bertz CT molecular complexity index is 524. The first kappa shape index (κ1) is 15.4. The van der Waals surface area contributed by atoms with Crippen LogP contribution in [0.5, 0.6) is 0 Å². The van der Waals surface area contributed by atoms with Gasteiger partial charge in [0, 0.05) is 25.6 Å². The highest BCUT2D eigenvalue weighted by atomic mass is 16.4. The van der Waals surface area contributed by atoms with Crippen LogP contribution in [0.3, 0.4) is 0 Å². The SMILES string of the molecule is Cc1cccc(CCNC(=O)N2CC(C(C)C(=O)O)C2)c1. The number of carbonyl (C=O) groups is 2.